The van der Waals surface area contributed by atoms with Crippen LogP contribution in [0.25, 0.3) is 0 Å². The Hall–Kier alpha value is -1.95. The standard InChI is InChI=1S/C15H15F2NO2S/c1-11(12-5-3-2-4-6-12)18-13-7-9-14(10-8-13)21(19,20)15(16)17/h2-11,15,18H,1H3/t11-/m1/s1. The van der Waals surface area contributed by atoms with Gasteiger partial charge in [-0.25, -0.2) is 8.42 Å². The van der Waals surface area contributed by atoms with Gasteiger partial charge in [0.15, 0.2) is 0 Å². The first-order valence-corrected chi connectivity index (χ1v) is 7.89. The summed E-state index contributed by atoms with van der Waals surface area (Å²) in [4.78, 5) is -0.379. The summed E-state index contributed by atoms with van der Waals surface area (Å²) in [6, 6.07) is 15.0. The third-order valence-corrected chi connectivity index (χ3v) is 4.50. The van der Waals surface area contributed by atoms with Gasteiger partial charge in [0.2, 0.25) is 9.84 Å². The summed E-state index contributed by atoms with van der Waals surface area (Å²) in [7, 11) is -4.54. The summed E-state index contributed by atoms with van der Waals surface area (Å²) < 4.78 is 47.5. The van der Waals surface area contributed by atoms with Crippen molar-refractivity contribution in [2.24, 2.45) is 0 Å². The monoisotopic (exact) mass is 311 g/mol. The molecule has 0 amide bonds. The molecule has 1 N–H and O–H groups in total. The summed E-state index contributed by atoms with van der Waals surface area (Å²) in [5.41, 5.74) is 1.74. The molecule has 3 nitrogen and oxygen atoms in total. The Morgan fingerprint density at radius 1 is 0.952 bits per heavy atom. The van der Waals surface area contributed by atoms with Crippen molar-refractivity contribution in [3.05, 3.63) is 60.2 Å². The highest BCUT2D eigenvalue weighted by Gasteiger charge is 2.26. The van der Waals surface area contributed by atoms with Crippen molar-refractivity contribution in [3.8, 4) is 0 Å². The van der Waals surface area contributed by atoms with Crippen LogP contribution >= 0.6 is 0 Å². The van der Waals surface area contributed by atoms with Gasteiger partial charge in [0.05, 0.1) is 4.90 Å². The van der Waals surface area contributed by atoms with E-state index in [0.717, 1.165) is 5.56 Å². The van der Waals surface area contributed by atoms with Gasteiger partial charge in [-0.2, -0.15) is 8.78 Å². The summed E-state index contributed by atoms with van der Waals surface area (Å²) >= 11 is 0. The van der Waals surface area contributed by atoms with E-state index in [9.17, 15) is 17.2 Å². The third-order valence-electron chi connectivity index (χ3n) is 3.10. The van der Waals surface area contributed by atoms with Crippen molar-refractivity contribution in [2.45, 2.75) is 23.6 Å². The summed E-state index contributed by atoms with van der Waals surface area (Å²) in [6.45, 7) is 1.96. The number of rotatable bonds is 5. The van der Waals surface area contributed by atoms with Crippen molar-refractivity contribution in [3.63, 3.8) is 0 Å². The lowest BCUT2D eigenvalue weighted by Crippen LogP contribution is -2.11. The Bertz CT molecular complexity index is 685. The fraction of sp³-hybridized carbons (Fsp3) is 0.200. The Labute approximate surface area is 122 Å². The minimum absolute atomic E-state index is 0.0174. The summed E-state index contributed by atoms with van der Waals surface area (Å²) in [5, 5.41) is 3.18. The largest absolute Gasteiger partial charge is 0.379 e. The van der Waals surface area contributed by atoms with Gasteiger partial charge < -0.3 is 5.32 Å². The Kier molecular flexibility index (Phi) is 4.57. The molecule has 0 spiro atoms. The number of halogens is 2. The van der Waals surface area contributed by atoms with Gasteiger partial charge in [-0.15, -0.1) is 0 Å². The molecular formula is C15H15F2NO2S. The summed E-state index contributed by atoms with van der Waals surface area (Å²) in [5.74, 6) is -3.40. The maximum atomic E-state index is 12.4. The number of anilines is 1. The highest BCUT2D eigenvalue weighted by Crippen LogP contribution is 2.23. The quantitative estimate of drug-likeness (QED) is 0.912. The zero-order chi connectivity index (χ0) is 15.5. The zero-order valence-electron chi connectivity index (χ0n) is 11.3. The molecule has 0 aromatic heterocycles. The maximum absolute atomic E-state index is 12.4. The second-order valence-electron chi connectivity index (χ2n) is 4.61. The molecule has 21 heavy (non-hydrogen) atoms. The van der Waals surface area contributed by atoms with E-state index in [0.29, 0.717) is 5.69 Å². The first kappa shape index (κ1) is 15.4. The predicted octanol–water partition coefficient (Wildman–Crippen LogP) is 3.86. The normalized spacial score (nSPS) is 13.1. The van der Waals surface area contributed by atoms with Gasteiger partial charge in [0.1, 0.15) is 0 Å². The second kappa shape index (κ2) is 6.22. The molecule has 0 saturated carbocycles. The Morgan fingerprint density at radius 2 is 1.52 bits per heavy atom. The predicted molar refractivity (Wildman–Crippen MR) is 78.1 cm³/mol. The molecule has 0 heterocycles. The number of hydrogen-bond acceptors (Lipinski definition) is 3. The molecular weight excluding hydrogens is 296 g/mol. The van der Waals surface area contributed by atoms with Crippen LogP contribution in [0.15, 0.2) is 59.5 Å². The molecule has 0 fully saturated rings. The molecule has 0 aliphatic rings. The second-order valence-corrected chi connectivity index (χ2v) is 6.52. The average Bonchev–Trinajstić information content (AvgIpc) is 2.48. The van der Waals surface area contributed by atoms with Crippen molar-refractivity contribution in [1.29, 1.82) is 0 Å². The number of benzene rings is 2. The van der Waals surface area contributed by atoms with Gasteiger partial charge in [0, 0.05) is 11.7 Å². The number of nitrogens with one attached hydrogen (secondary N) is 1. The Balaban J connectivity index is 2.14. The molecule has 2 aromatic rings. The fourth-order valence-electron chi connectivity index (χ4n) is 1.92. The lowest BCUT2D eigenvalue weighted by Gasteiger charge is -2.16. The van der Waals surface area contributed by atoms with Crippen LogP contribution < -0.4 is 5.32 Å². The van der Waals surface area contributed by atoms with E-state index in [1.807, 2.05) is 37.3 Å². The SMILES string of the molecule is C[C@@H](Nc1ccc(S(=O)(=O)C(F)F)cc1)c1ccccc1. The molecule has 0 aliphatic heterocycles. The van der Waals surface area contributed by atoms with Crippen LogP contribution in [0.3, 0.4) is 0 Å². The van der Waals surface area contributed by atoms with E-state index >= 15 is 0 Å². The van der Waals surface area contributed by atoms with Gasteiger partial charge in [0.25, 0.3) is 0 Å². The van der Waals surface area contributed by atoms with Crippen LogP contribution in [0, 0.1) is 0 Å². The van der Waals surface area contributed by atoms with Crippen LogP contribution in [-0.4, -0.2) is 14.2 Å². The highest BCUT2D eigenvalue weighted by molar-refractivity contribution is 7.91. The average molecular weight is 311 g/mol. The molecule has 2 aromatic carbocycles. The van der Waals surface area contributed by atoms with Crippen molar-refractivity contribution < 1.29 is 17.2 Å². The van der Waals surface area contributed by atoms with Crippen LogP contribution in [0.2, 0.25) is 0 Å². The van der Waals surface area contributed by atoms with Crippen molar-refractivity contribution >= 4 is 15.5 Å². The molecule has 6 heteroatoms. The first-order chi connectivity index (χ1) is 9.91. The first-order valence-electron chi connectivity index (χ1n) is 6.35. The van der Waals surface area contributed by atoms with Gasteiger partial charge in [-0.3, -0.25) is 0 Å². The van der Waals surface area contributed by atoms with E-state index in [2.05, 4.69) is 5.32 Å². The Morgan fingerprint density at radius 3 is 2.05 bits per heavy atom. The molecule has 112 valence electrons. The van der Waals surface area contributed by atoms with Crippen LogP contribution in [0.5, 0.6) is 0 Å². The summed E-state index contributed by atoms with van der Waals surface area (Å²) in [6.07, 6.45) is 0. The van der Waals surface area contributed by atoms with E-state index < -0.39 is 15.6 Å². The van der Waals surface area contributed by atoms with Crippen molar-refractivity contribution in [1.82, 2.24) is 0 Å². The lowest BCUT2D eigenvalue weighted by molar-refractivity contribution is 0.234. The van der Waals surface area contributed by atoms with Crippen LogP contribution in [-0.2, 0) is 9.84 Å². The number of alkyl halides is 2. The van der Waals surface area contributed by atoms with E-state index in [4.69, 9.17) is 0 Å². The van der Waals surface area contributed by atoms with Crippen LogP contribution in [0.1, 0.15) is 18.5 Å². The molecule has 1 atom stereocenters. The maximum Gasteiger partial charge on any atom is 0.341 e. The molecule has 0 radical (unpaired) electrons. The minimum atomic E-state index is -4.54. The molecule has 0 saturated heterocycles. The van der Waals surface area contributed by atoms with E-state index in [1.165, 1.54) is 24.3 Å². The third kappa shape index (κ3) is 3.58. The van der Waals surface area contributed by atoms with E-state index in [1.54, 1.807) is 0 Å². The zero-order valence-corrected chi connectivity index (χ0v) is 12.1. The number of sulfone groups is 1. The highest BCUT2D eigenvalue weighted by atomic mass is 32.2. The van der Waals surface area contributed by atoms with E-state index in [-0.39, 0.29) is 10.9 Å². The minimum Gasteiger partial charge on any atom is -0.379 e. The van der Waals surface area contributed by atoms with Gasteiger partial charge in [-0.05, 0) is 36.8 Å². The van der Waals surface area contributed by atoms with Gasteiger partial charge in [-0.1, -0.05) is 30.3 Å². The van der Waals surface area contributed by atoms with Crippen molar-refractivity contribution in [2.75, 3.05) is 5.32 Å². The molecule has 0 unspecified atom stereocenters. The number of hydrogen-bond donors (Lipinski definition) is 1. The van der Waals surface area contributed by atoms with Crippen LogP contribution in [0.4, 0.5) is 14.5 Å². The topological polar surface area (TPSA) is 46.2 Å². The molecule has 0 aliphatic carbocycles. The molecule has 0 bridgehead atoms. The smallest absolute Gasteiger partial charge is 0.341 e. The fourth-order valence-corrected chi connectivity index (χ4v) is 2.64. The molecule has 2 rings (SSSR count). The lowest BCUT2D eigenvalue weighted by atomic mass is 10.1. The van der Waals surface area contributed by atoms with Gasteiger partial charge >= 0.3 is 5.76 Å².